The third-order valence-corrected chi connectivity index (χ3v) is 2.46. The Hall–Kier alpha value is -1.54. The highest BCUT2D eigenvalue weighted by Gasteiger charge is 2.11. The third kappa shape index (κ3) is 1.81. The van der Waals surface area contributed by atoms with Crippen molar-refractivity contribution < 1.29 is 9.50 Å². The molecule has 1 N–H and O–H groups in total. The summed E-state index contributed by atoms with van der Waals surface area (Å²) in [6, 6.07) is 12.0. The molecule has 0 bridgehead atoms. The number of phenolic OH excluding ortho intramolecular Hbond substituents is 1. The molecule has 2 aromatic rings. The topological polar surface area (TPSA) is 20.2 Å². The fourth-order valence-corrected chi connectivity index (χ4v) is 1.53. The second-order valence-electron chi connectivity index (χ2n) is 3.12. The lowest BCUT2D eigenvalue weighted by Gasteiger charge is -2.05. The Kier molecular flexibility index (Phi) is 2.60. The van der Waals surface area contributed by atoms with Gasteiger partial charge in [-0.1, -0.05) is 41.9 Å². The van der Waals surface area contributed by atoms with Gasteiger partial charge in [0.2, 0.25) is 0 Å². The van der Waals surface area contributed by atoms with Gasteiger partial charge in [-0.05, 0) is 17.7 Å². The Morgan fingerprint density at radius 2 is 1.67 bits per heavy atom. The zero-order valence-electron chi connectivity index (χ0n) is 7.74. The Morgan fingerprint density at radius 1 is 1.00 bits per heavy atom. The van der Waals surface area contributed by atoms with Crippen LogP contribution in [0.15, 0.2) is 42.5 Å². The maximum Gasteiger partial charge on any atom is 0.174 e. The molecule has 0 aliphatic carbocycles. The molecule has 2 rings (SSSR count). The average Bonchev–Trinajstić information content (AvgIpc) is 2.27. The zero-order valence-corrected chi connectivity index (χ0v) is 8.50. The quantitative estimate of drug-likeness (QED) is 0.777. The average molecular weight is 223 g/mol. The monoisotopic (exact) mass is 222 g/mol. The highest BCUT2D eigenvalue weighted by molar-refractivity contribution is 6.32. The molecule has 0 aliphatic heterocycles. The van der Waals surface area contributed by atoms with Crippen LogP contribution in [0.5, 0.6) is 5.75 Å². The van der Waals surface area contributed by atoms with Gasteiger partial charge in [0.15, 0.2) is 11.6 Å². The van der Waals surface area contributed by atoms with Gasteiger partial charge < -0.3 is 5.11 Å². The fraction of sp³-hybridized carbons (Fsp3) is 0. The van der Waals surface area contributed by atoms with Gasteiger partial charge in [0, 0.05) is 5.56 Å². The van der Waals surface area contributed by atoms with E-state index in [2.05, 4.69) is 0 Å². The highest BCUT2D eigenvalue weighted by Crippen LogP contribution is 2.33. The van der Waals surface area contributed by atoms with Crippen molar-refractivity contribution in [1.82, 2.24) is 0 Å². The van der Waals surface area contributed by atoms with Crippen molar-refractivity contribution in [2.24, 2.45) is 0 Å². The smallest absolute Gasteiger partial charge is 0.174 e. The van der Waals surface area contributed by atoms with Crippen molar-refractivity contribution in [3.05, 3.63) is 53.3 Å². The van der Waals surface area contributed by atoms with E-state index >= 15 is 0 Å². The van der Waals surface area contributed by atoms with E-state index in [1.807, 2.05) is 6.07 Å². The first-order valence-electron chi connectivity index (χ1n) is 4.42. The summed E-state index contributed by atoms with van der Waals surface area (Å²) in [4.78, 5) is 0. The second kappa shape index (κ2) is 3.91. The molecule has 2 aromatic carbocycles. The summed E-state index contributed by atoms with van der Waals surface area (Å²) in [6.45, 7) is 0. The SMILES string of the molecule is Oc1c(Cl)ccc(-c2ccccc2)c1F. The summed E-state index contributed by atoms with van der Waals surface area (Å²) in [5.74, 6) is -1.19. The highest BCUT2D eigenvalue weighted by atomic mass is 35.5. The van der Waals surface area contributed by atoms with Crippen molar-refractivity contribution in [2.45, 2.75) is 0 Å². The first-order chi connectivity index (χ1) is 7.20. The molecular weight excluding hydrogens is 215 g/mol. The molecule has 0 heterocycles. The first kappa shape index (κ1) is 9.99. The van der Waals surface area contributed by atoms with Gasteiger partial charge in [0.25, 0.3) is 0 Å². The molecule has 0 saturated heterocycles. The minimum atomic E-state index is -0.686. The van der Waals surface area contributed by atoms with Crippen LogP contribution >= 0.6 is 11.6 Å². The van der Waals surface area contributed by atoms with Crippen LogP contribution in [-0.4, -0.2) is 5.11 Å². The Morgan fingerprint density at radius 3 is 2.33 bits per heavy atom. The summed E-state index contributed by atoms with van der Waals surface area (Å²) in [5.41, 5.74) is 1.06. The van der Waals surface area contributed by atoms with Crippen LogP contribution in [0.2, 0.25) is 5.02 Å². The number of benzene rings is 2. The largest absolute Gasteiger partial charge is 0.504 e. The maximum atomic E-state index is 13.6. The van der Waals surface area contributed by atoms with E-state index in [1.54, 1.807) is 30.3 Å². The van der Waals surface area contributed by atoms with E-state index in [4.69, 9.17) is 11.6 Å². The molecular formula is C12H8ClFO. The minimum Gasteiger partial charge on any atom is -0.504 e. The molecule has 0 unspecified atom stereocenters. The molecule has 0 spiro atoms. The van der Waals surface area contributed by atoms with Gasteiger partial charge >= 0.3 is 0 Å². The van der Waals surface area contributed by atoms with Gasteiger partial charge in [0.1, 0.15) is 0 Å². The Labute approximate surface area is 91.8 Å². The number of hydrogen-bond donors (Lipinski definition) is 1. The molecule has 0 radical (unpaired) electrons. The van der Waals surface area contributed by atoms with Crippen LogP contribution in [0.3, 0.4) is 0 Å². The van der Waals surface area contributed by atoms with E-state index in [1.165, 1.54) is 6.07 Å². The normalized spacial score (nSPS) is 10.3. The van der Waals surface area contributed by atoms with Gasteiger partial charge in [-0.15, -0.1) is 0 Å². The summed E-state index contributed by atoms with van der Waals surface area (Å²) >= 11 is 5.58. The predicted octanol–water partition coefficient (Wildman–Crippen LogP) is 3.85. The maximum absolute atomic E-state index is 13.6. The van der Waals surface area contributed by atoms with Crippen LogP contribution in [0.25, 0.3) is 11.1 Å². The summed E-state index contributed by atoms with van der Waals surface area (Å²) in [7, 11) is 0. The van der Waals surface area contributed by atoms with E-state index in [-0.39, 0.29) is 5.02 Å². The lowest BCUT2D eigenvalue weighted by molar-refractivity contribution is 0.434. The van der Waals surface area contributed by atoms with E-state index < -0.39 is 11.6 Å². The minimum absolute atomic E-state index is 0.0205. The molecule has 0 aliphatic rings. The molecule has 0 amide bonds. The molecule has 76 valence electrons. The molecule has 0 saturated carbocycles. The molecule has 15 heavy (non-hydrogen) atoms. The van der Waals surface area contributed by atoms with Crippen molar-refractivity contribution >= 4 is 11.6 Å². The van der Waals surface area contributed by atoms with Crippen molar-refractivity contribution in [1.29, 1.82) is 0 Å². The van der Waals surface area contributed by atoms with E-state index in [0.717, 1.165) is 0 Å². The van der Waals surface area contributed by atoms with Crippen molar-refractivity contribution in [3.8, 4) is 16.9 Å². The predicted molar refractivity (Wildman–Crippen MR) is 58.5 cm³/mol. The van der Waals surface area contributed by atoms with Crippen LogP contribution in [0.4, 0.5) is 4.39 Å². The standard InChI is InChI=1S/C12H8ClFO/c13-10-7-6-9(11(14)12(10)15)8-4-2-1-3-5-8/h1-7,15H. The summed E-state index contributed by atoms with van der Waals surface area (Å²) in [6.07, 6.45) is 0. The summed E-state index contributed by atoms with van der Waals surface area (Å²) in [5, 5.41) is 9.36. The number of halogens is 2. The van der Waals surface area contributed by atoms with Crippen molar-refractivity contribution in [3.63, 3.8) is 0 Å². The molecule has 0 aromatic heterocycles. The molecule has 3 heteroatoms. The van der Waals surface area contributed by atoms with Crippen LogP contribution in [0.1, 0.15) is 0 Å². The molecule has 1 nitrogen and oxygen atoms in total. The lowest BCUT2D eigenvalue weighted by atomic mass is 10.1. The van der Waals surface area contributed by atoms with Gasteiger partial charge in [0.05, 0.1) is 5.02 Å². The summed E-state index contributed by atoms with van der Waals surface area (Å²) < 4.78 is 13.6. The fourth-order valence-electron chi connectivity index (χ4n) is 1.38. The first-order valence-corrected chi connectivity index (χ1v) is 4.80. The third-order valence-electron chi connectivity index (χ3n) is 2.15. The van der Waals surface area contributed by atoms with Crippen LogP contribution in [0, 0.1) is 5.82 Å². The zero-order chi connectivity index (χ0) is 10.8. The van der Waals surface area contributed by atoms with Crippen molar-refractivity contribution in [2.75, 3.05) is 0 Å². The van der Waals surface area contributed by atoms with Crippen LogP contribution in [-0.2, 0) is 0 Å². The number of aromatic hydroxyl groups is 1. The molecule has 0 fully saturated rings. The van der Waals surface area contributed by atoms with Crippen LogP contribution < -0.4 is 0 Å². The Bertz CT molecular complexity index is 482. The van der Waals surface area contributed by atoms with E-state index in [9.17, 15) is 9.50 Å². The van der Waals surface area contributed by atoms with Gasteiger partial charge in [-0.3, -0.25) is 0 Å². The Balaban J connectivity index is 2.60. The van der Waals surface area contributed by atoms with Gasteiger partial charge in [-0.25, -0.2) is 4.39 Å². The number of rotatable bonds is 1. The number of phenols is 1. The number of hydrogen-bond acceptors (Lipinski definition) is 1. The lowest BCUT2D eigenvalue weighted by Crippen LogP contribution is -1.85. The molecule has 0 atom stereocenters. The van der Waals surface area contributed by atoms with E-state index in [0.29, 0.717) is 11.1 Å². The second-order valence-corrected chi connectivity index (χ2v) is 3.53. The van der Waals surface area contributed by atoms with Gasteiger partial charge in [-0.2, -0.15) is 0 Å².